The third-order valence-corrected chi connectivity index (χ3v) is 11.6. The highest BCUT2D eigenvalue weighted by Gasteiger charge is 2.51. The minimum absolute atomic E-state index is 0.338. The molecule has 2 heteroatoms. The van der Waals surface area contributed by atoms with Crippen LogP contribution in [0.1, 0.15) is 22.3 Å². The second-order valence-electron chi connectivity index (χ2n) is 14.5. The summed E-state index contributed by atoms with van der Waals surface area (Å²) in [5.41, 5.74) is 21.4. The van der Waals surface area contributed by atoms with E-state index in [1.807, 2.05) is 24.5 Å². The molecule has 0 amide bonds. The third kappa shape index (κ3) is 4.89. The van der Waals surface area contributed by atoms with Gasteiger partial charge in [-0.25, -0.2) is 4.98 Å². The predicted octanol–water partition coefficient (Wildman–Crippen LogP) is 13.2. The molecule has 0 atom stereocenters. The van der Waals surface area contributed by atoms with E-state index in [1.54, 1.807) is 0 Å². The van der Waals surface area contributed by atoms with Crippen LogP contribution in [0.4, 0.5) is 0 Å². The van der Waals surface area contributed by atoms with Crippen molar-refractivity contribution in [2.75, 3.05) is 0 Å². The molecule has 1 spiro atoms. The highest BCUT2D eigenvalue weighted by Crippen LogP contribution is 2.62. The molecule has 0 bridgehead atoms. The van der Waals surface area contributed by atoms with Gasteiger partial charge >= 0.3 is 0 Å². The summed E-state index contributed by atoms with van der Waals surface area (Å²) < 4.78 is 0. The van der Waals surface area contributed by atoms with Crippen LogP contribution in [0, 0.1) is 0 Å². The first-order valence-electron chi connectivity index (χ1n) is 18.9. The Morgan fingerprint density at radius 2 is 0.709 bits per heavy atom. The number of rotatable bonds is 5. The molecule has 256 valence electrons. The highest BCUT2D eigenvalue weighted by atomic mass is 14.7. The molecule has 2 nitrogen and oxygen atoms in total. The van der Waals surface area contributed by atoms with E-state index in [2.05, 4.69) is 187 Å². The van der Waals surface area contributed by atoms with Gasteiger partial charge in [0.25, 0.3) is 0 Å². The van der Waals surface area contributed by atoms with Gasteiger partial charge in [-0.1, -0.05) is 158 Å². The fourth-order valence-electron chi connectivity index (χ4n) is 9.14. The van der Waals surface area contributed by atoms with E-state index in [9.17, 15) is 0 Å². The minimum atomic E-state index is -0.338. The van der Waals surface area contributed by atoms with Crippen molar-refractivity contribution in [3.8, 4) is 78.1 Å². The first-order chi connectivity index (χ1) is 27.3. The van der Waals surface area contributed by atoms with E-state index in [0.29, 0.717) is 0 Å². The van der Waals surface area contributed by atoms with Gasteiger partial charge < -0.3 is 0 Å². The second-order valence-corrected chi connectivity index (χ2v) is 14.5. The monoisotopic (exact) mass is 698 g/mol. The average Bonchev–Trinajstić information content (AvgIpc) is 3.74. The van der Waals surface area contributed by atoms with E-state index < -0.39 is 0 Å². The summed E-state index contributed by atoms with van der Waals surface area (Å²) in [7, 11) is 0. The van der Waals surface area contributed by atoms with E-state index in [0.717, 1.165) is 33.6 Å². The molecule has 0 fully saturated rings. The maximum Gasteiger partial charge on any atom is 0.0725 e. The lowest BCUT2D eigenvalue weighted by Gasteiger charge is -2.30. The number of pyridine rings is 2. The molecule has 0 aliphatic heterocycles. The summed E-state index contributed by atoms with van der Waals surface area (Å²) in [5.74, 6) is 0. The quantitative estimate of drug-likeness (QED) is 0.179. The van der Waals surface area contributed by atoms with Gasteiger partial charge in [-0.2, -0.15) is 0 Å². The molecule has 9 aromatic rings. The summed E-state index contributed by atoms with van der Waals surface area (Å²) in [6, 6.07) is 70.8. The predicted molar refractivity (Wildman–Crippen MR) is 226 cm³/mol. The second kappa shape index (κ2) is 12.5. The van der Waals surface area contributed by atoms with E-state index in [4.69, 9.17) is 4.98 Å². The highest BCUT2D eigenvalue weighted by molar-refractivity contribution is 5.96. The molecule has 0 saturated heterocycles. The molecule has 0 radical (unpaired) electrons. The van der Waals surface area contributed by atoms with Crippen LogP contribution in [0.25, 0.3) is 78.1 Å². The van der Waals surface area contributed by atoms with Crippen molar-refractivity contribution in [1.29, 1.82) is 0 Å². The van der Waals surface area contributed by atoms with Gasteiger partial charge in [0, 0.05) is 23.5 Å². The molecule has 2 aromatic heterocycles. The number of benzene rings is 7. The zero-order chi connectivity index (χ0) is 36.3. The van der Waals surface area contributed by atoms with E-state index >= 15 is 0 Å². The van der Waals surface area contributed by atoms with Gasteiger partial charge in [-0.3, -0.25) is 4.98 Å². The number of hydrogen-bond donors (Lipinski definition) is 0. The SMILES string of the molecule is c1ccc(-c2ccc(-c3cc(-c4cccc(-c5ccc6c(c5)-c5ccccc5C65c6ccccc6-c6ccccc65)c4)cc(-c4ccncc4)n3)cc2)cc1. The summed E-state index contributed by atoms with van der Waals surface area (Å²) in [5, 5.41) is 0. The molecule has 2 aliphatic rings. The Bertz CT molecular complexity index is 2860. The van der Waals surface area contributed by atoms with Crippen LogP contribution >= 0.6 is 0 Å². The molecule has 55 heavy (non-hydrogen) atoms. The first kappa shape index (κ1) is 31.4. The standard InChI is InChI=1S/C53H34N2/c1-2-11-35(12-3-1)36-21-23-37(24-22-36)51-33-42(34-52(55-51)38-27-29-54-30-28-38)40-14-10-13-39(31-40)41-25-26-50-46(32-41)45-17-6-9-20-49(45)53(50)47-18-7-4-15-43(47)44-16-5-8-19-48(44)53/h1-34H. The van der Waals surface area contributed by atoms with Crippen molar-refractivity contribution in [3.63, 3.8) is 0 Å². The molecular formula is C53H34N2. The number of fused-ring (bicyclic) bond motifs is 10. The zero-order valence-electron chi connectivity index (χ0n) is 30.0. The Kier molecular flexibility index (Phi) is 7.11. The van der Waals surface area contributed by atoms with E-state index in [-0.39, 0.29) is 5.41 Å². The van der Waals surface area contributed by atoms with Gasteiger partial charge in [0.05, 0.1) is 16.8 Å². The summed E-state index contributed by atoms with van der Waals surface area (Å²) in [6.07, 6.45) is 3.66. The normalized spacial score (nSPS) is 12.9. The molecule has 0 unspecified atom stereocenters. The molecule has 11 rings (SSSR count). The fraction of sp³-hybridized carbons (Fsp3) is 0.0189. The van der Waals surface area contributed by atoms with Crippen LogP contribution in [-0.2, 0) is 5.41 Å². The van der Waals surface area contributed by atoms with Gasteiger partial charge in [0.2, 0.25) is 0 Å². The van der Waals surface area contributed by atoms with Crippen molar-refractivity contribution in [2.24, 2.45) is 0 Å². The van der Waals surface area contributed by atoms with Crippen LogP contribution < -0.4 is 0 Å². The van der Waals surface area contributed by atoms with Crippen molar-refractivity contribution < 1.29 is 0 Å². The van der Waals surface area contributed by atoms with Crippen LogP contribution in [0.5, 0.6) is 0 Å². The Morgan fingerprint density at radius 3 is 1.35 bits per heavy atom. The average molecular weight is 699 g/mol. The Labute approximate surface area is 321 Å². The molecular weight excluding hydrogens is 665 g/mol. The lowest BCUT2D eigenvalue weighted by atomic mass is 9.70. The summed E-state index contributed by atoms with van der Waals surface area (Å²) >= 11 is 0. The largest absolute Gasteiger partial charge is 0.265 e. The van der Waals surface area contributed by atoms with Crippen molar-refractivity contribution in [1.82, 2.24) is 9.97 Å². The van der Waals surface area contributed by atoms with Gasteiger partial charge in [-0.15, -0.1) is 0 Å². The number of aromatic nitrogens is 2. The van der Waals surface area contributed by atoms with Crippen molar-refractivity contribution in [2.45, 2.75) is 5.41 Å². The lowest BCUT2D eigenvalue weighted by molar-refractivity contribution is 0.794. The first-order valence-corrected chi connectivity index (χ1v) is 18.9. The lowest BCUT2D eigenvalue weighted by Crippen LogP contribution is -2.25. The van der Waals surface area contributed by atoms with Gasteiger partial charge in [-0.05, 0) is 114 Å². The fourth-order valence-corrected chi connectivity index (χ4v) is 9.14. The van der Waals surface area contributed by atoms with Crippen LogP contribution in [-0.4, -0.2) is 9.97 Å². The van der Waals surface area contributed by atoms with E-state index in [1.165, 1.54) is 66.8 Å². The Hall–Kier alpha value is -7.16. The third-order valence-electron chi connectivity index (χ3n) is 11.6. The van der Waals surface area contributed by atoms with Crippen LogP contribution in [0.15, 0.2) is 207 Å². The minimum Gasteiger partial charge on any atom is -0.265 e. The number of nitrogens with zero attached hydrogens (tertiary/aromatic N) is 2. The summed E-state index contributed by atoms with van der Waals surface area (Å²) in [6.45, 7) is 0. The smallest absolute Gasteiger partial charge is 0.0725 e. The molecule has 0 N–H and O–H groups in total. The Balaban J connectivity index is 1.03. The topological polar surface area (TPSA) is 25.8 Å². The molecule has 2 aliphatic carbocycles. The maximum absolute atomic E-state index is 5.18. The van der Waals surface area contributed by atoms with Gasteiger partial charge in [0.15, 0.2) is 0 Å². The number of hydrogen-bond acceptors (Lipinski definition) is 2. The molecule has 2 heterocycles. The van der Waals surface area contributed by atoms with Gasteiger partial charge in [0.1, 0.15) is 0 Å². The van der Waals surface area contributed by atoms with Crippen LogP contribution in [0.3, 0.4) is 0 Å². The summed E-state index contributed by atoms with van der Waals surface area (Å²) in [4.78, 5) is 9.45. The van der Waals surface area contributed by atoms with Crippen molar-refractivity contribution in [3.05, 3.63) is 229 Å². The maximum atomic E-state index is 5.18. The molecule has 7 aromatic carbocycles. The Morgan fingerprint density at radius 1 is 0.273 bits per heavy atom. The zero-order valence-corrected chi connectivity index (χ0v) is 30.0. The van der Waals surface area contributed by atoms with Crippen molar-refractivity contribution >= 4 is 0 Å². The van der Waals surface area contributed by atoms with Crippen LogP contribution in [0.2, 0.25) is 0 Å². The molecule has 0 saturated carbocycles.